The number of nitrogens with zero attached hydrogens (tertiary/aromatic N) is 3. The van der Waals surface area contributed by atoms with Crippen LogP contribution < -0.4 is 5.56 Å². The van der Waals surface area contributed by atoms with Crippen LogP contribution in [0.3, 0.4) is 0 Å². The molecule has 0 spiro atoms. The second-order valence-corrected chi connectivity index (χ2v) is 8.05. The van der Waals surface area contributed by atoms with Crippen molar-refractivity contribution < 1.29 is 4.92 Å². The van der Waals surface area contributed by atoms with Crippen molar-refractivity contribution in [2.24, 2.45) is 5.92 Å². The van der Waals surface area contributed by atoms with Crippen LogP contribution in [0.5, 0.6) is 0 Å². The van der Waals surface area contributed by atoms with E-state index in [1.807, 2.05) is 6.07 Å². The van der Waals surface area contributed by atoms with Gasteiger partial charge in [0.25, 0.3) is 11.2 Å². The number of H-pyrrole nitrogens is 1. The molecule has 0 saturated carbocycles. The van der Waals surface area contributed by atoms with Crippen LogP contribution in [0.25, 0.3) is 21.9 Å². The van der Waals surface area contributed by atoms with Gasteiger partial charge in [-0.15, -0.1) is 11.3 Å². The summed E-state index contributed by atoms with van der Waals surface area (Å²) in [5, 5.41) is 21.1. The first kappa shape index (κ1) is 18.1. The number of nitrogens with one attached hydrogen (secondary N) is 1. The Labute approximate surface area is 164 Å². The van der Waals surface area contributed by atoms with Gasteiger partial charge in [-0.3, -0.25) is 14.9 Å². The number of hydrogen-bond acceptors (Lipinski definition) is 6. The topological polar surface area (TPSA) is 113 Å². The van der Waals surface area contributed by atoms with Gasteiger partial charge in [-0.05, 0) is 42.4 Å². The molecule has 0 saturated heterocycles. The fraction of sp³-hybridized carbons (Fsp3) is 0.250. The molecule has 0 aliphatic heterocycles. The minimum Gasteiger partial charge on any atom is -0.305 e. The maximum absolute atomic E-state index is 12.7. The smallest absolute Gasteiger partial charge is 0.270 e. The van der Waals surface area contributed by atoms with E-state index in [0.29, 0.717) is 21.7 Å². The van der Waals surface area contributed by atoms with Crippen molar-refractivity contribution in [3.8, 4) is 6.07 Å². The molecule has 1 aromatic carbocycles. The lowest BCUT2D eigenvalue weighted by molar-refractivity contribution is -0.384. The molecular weight excluding hydrogens is 376 g/mol. The predicted molar refractivity (Wildman–Crippen MR) is 108 cm³/mol. The first-order valence-corrected chi connectivity index (χ1v) is 9.69. The number of nitro groups is 1. The molecule has 2 heterocycles. The van der Waals surface area contributed by atoms with Crippen molar-refractivity contribution in [2.45, 2.75) is 26.2 Å². The van der Waals surface area contributed by atoms with Crippen LogP contribution in [0, 0.1) is 27.4 Å². The summed E-state index contributed by atoms with van der Waals surface area (Å²) in [7, 11) is 0. The van der Waals surface area contributed by atoms with Gasteiger partial charge in [-0.1, -0.05) is 19.1 Å². The number of fused-ring (bicyclic) bond motifs is 3. The minimum absolute atomic E-state index is 0.0667. The largest absolute Gasteiger partial charge is 0.305 e. The number of aryl methyl sites for hydroxylation is 1. The Morgan fingerprint density at radius 2 is 2.32 bits per heavy atom. The number of nitriles is 1. The van der Waals surface area contributed by atoms with Gasteiger partial charge in [0, 0.05) is 17.0 Å². The summed E-state index contributed by atoms with van der Waals surface area (Å²) in [6, 6.07) is 8.00. The highest BCUT2D eigenvalue weighted by molar-refractivity contribution is 7.18. The number of rotatable bonds is 3. The zero-order valence-corrected chi connectivity index (χ0v) is 15.9. The minimum atomic E-state index is -0.493. The average molecular weight is 392 g/mol. The van der Waals surface area contributed by atoms with E-state index in [2.05, 4.69) is 16.9 Å². The summed E-state index contributed by atoms with van der Waals surface area (Å²) < 4.78 is 0. The molecule has 0 fully saturated rings. The predicted octanol–water partition coefficient (Wildman–Crippen LogP) is 4.08. The summed E-state index contributed by atoms with van der Waals surface area (Å²) in [4.78, 5) is 32.3. The molecule has 7 nitrogen and oxygen atoms in total. The zero-order valence-electron chi connectivity index (χ0n) is 15.1. The summed E-state index contributed by atoms with van der Waals surface area (Å²) >= 11 is 1.52. The van der Waals surface area contributed by atoms with E-state index in [-0.39, 0.29) is 22.6 Å². The molecule has 8 heteroatoms. The van der Waals surface area contributed by atoms with E-state index < -0.39 is 4.92 Å². The fourth-order valence-corrected chi connectivity index (χ4v) is 4.91. The van der Waals surface area contributed by atoms with Gasteiger partial charge in [-0.25, -0.2) is 4.98 Å². The van der Waals surface area contributed by atoms with Gasteiger partial charge in [-0.2, -0.15) is 5.26 Å². The van der Waals surface area contributed by atoms with Crippen molar-refractivity contribution in [3.05, 3.63) is 66.6 Å². The summed E-state index contributed by atoms with van der Waals surface area (Å²) in [6.45, 7) is 2.20. The molecule has 1 atom stereocenters. The number of hydrogen-bond donors (Lipinski definition) is 1. The number of benzene rings is 1. The Bertz CT molecular complexity index is 1230. The Balaban J connectivity index is 1.81. The van der Waals surface area contributed by atoms with E-state index in [1.165, 1.54) is 34.4 Å². The Morgan fingerprint density at radius 1 is 1.50 bits per heavy atom. The molecule has 0 bridgehead atoms. The standard InChI is InChI=1S/C20H16N4O3S/c1-11-5-6-15-16(7-11)28-20-17(15)19(25)22-18(23-20)13(10-21)8-12-3-2-4-14(9-12)24(26)27/h2-4,8-9,11H,5-7H2,1H3,(H,22,23,25). The van der Waals surface area contributed by atoms with Crippen LogP contribution >= 0.6 is 11.3 Å². The number of aromatic nitrogens is 2. The molecule has 3 aromatic rings. The molecule has 0 radical (unpaired) electrons. The van der Waals surface area contributed by atoms with E-state index in [4.69, 9.17) is 0 Å². The van der Waals surface area contributed by atoms with Crippen LogP contribution in [0.15, 0.2) is 29.1 Å². The van der Waals surface area contributed by atoms with E-state index in [0.717, 1.165) is 24.8 Å². The third-order valence-corrected chi connectivity index (χ3v) is 6.08. The van der Waals surface area contributed by atoms with Gasteiger partial charge in [0.2, 0.25) is 0 Å². The summed E-state index contributed by atoms with van der Waals surface area (Å²) in [5.41, 5.74) is 1.42. The molecular formula is C20H16N4O3S. The molecule has 0 amide bonds. The fourth-order valence-electron chi connectivity index (χ4n) is 3.52. The monoisotopic (exact) mass is 392 g/mol. The Hall–Kier alpha value is -3.31. The zero-order chi connectivity index (χ0) is 19.8. The molecule has 2 aromatic heterocycles. The van der Waals surface area contributed by atoms with Crippen molar-refractivity contribution in [3.63, 3.8) is 0 Å². The van der Waals surface area contributed by atoms with Crippen LogP contribution in [-0.2, 0) is 12.8 Å². The lowest BCUT2D eigenvalue weighted by Crippen LogP contribution is -2.14. The third-order valence-electron chi connectivity index (χ3n) is 4.93. The first-order valence-electron chi connectivity index (χ1n) is 8.87. The number of nitro benzene ring substituents is 1. The van der Waals surface area contributed by atoms with Gasteiger partial charge in [0.15, 0.2) is 5.82 Å². The summed E-state index contributed by atoms with van der Waals surface area (Å²) in [6.07, 6.45) is 4.36. The third kappa shape index (κ3) is 3.21. The maximum Gasteiger partial charge on any atom is 0.270 e. The molecule has 1 N–H and O–H groups in total. The average Bonchev–Trinajstić information content (AvgIpc) is 3.04. The number of non-ortho nitro benzene ring substituents is 1. The molecule has 28 heavy (non-hydrogen) atoms. The van der Waals surface area contributed by atoms with Gasteiger partial charge >= 0.3 is 0 Å². The molecule has 1 aliphatic carbocycles. The van der Waals surface area contributed by atoms with Crippen molar-refractivity contribution in [1.82, 2.24) is 9.97 Å². The highest BCUT2D eigenvalue weighted by Gasteiger charge is 2.23. The van der Waals surface area contributed by atoms with Gasteiger partial charge < -0.3 is 4.98 Å². The molecule has 1 unspecified atom stereocenters. The van der Waals surface area contributed by atoms with Gasteiger partial charge in [0.05, 0.1) is 15.9 Å². The molecule has 4 rings (SSSR count). The Morgan fingerprint density at radius 3 is 3.07 bits per heavy atom. The lowest BCUT2D eigenvalue weighted by atomic mass is 9.89. The highest BCUT2D eigenvalue weighted by atomic mass is 32.1. The van der Waals surface area contributed by atoms with E-state index >= 15 is 0 Å². The van der Waals surface area contributed by atoms with E-state index in [9.17, 15) is 20.2 Å². The molecule has 1 aliphatic rings. The molecule has 140 valence electrons. The van der Waals surface area contributed by atoms with Crippen LogP contribution in [-0.4, -0.2) is 14.9 Å². The first-order chi connectivity index (χ1) is 13.5. The normalized spacial score (nSPS) is 16.6. The highest BCUT2D eigenvalue weighted by Crippen LogP contribution is 2.36. The summed E-state index contributed by atoms with van der Waals surface area (Å²) in [5.74, 6) is 0.765. The quantitative estimate of drug-likeness (QED) is 0.410. The second-order valence-electron chi connectivity index (χ2n) is 6.97. The number of allylic oxidation sites excluding steroid dienone is 1. The maximum atomic E-state index is 12.7. The van der Waals surface area contributed by atoms with Crippen LogP contribution in [0.4, 0.5) is 5.69 Å². The van der Waals surface area contributed by atoms with Gasteiger partial charge in [0.1, 0.15) is 10.9 Å². The SMILES string of the molecule is CC1CCc2c(sc3nc(C(C#N)=Cc4cccc([N+](=O)[O-])c4)[nH]c(=O)c23)C1. The van der Waals surface area contributed by atoms with Crippen molar-refractivity contribution in [1.29, 1.82) is 5.26 Å². The van der Waals surface area contributed by atoms with Crippen LogP contribution in [0.1, 0.15) is 35.2 Å². The van der Waals surface area contributed by atoms with Crippen molar-refractivity contribution >= 4 is 38.9 Å². The van der Waals surface area contributed by atoms with Crippen LogP contribution in [0.2, 0.25) is 0 Å². The lowest BCUT2D eigenvalue weighted by Gasteiger charge is -2.17. The van der Waals surface area contributed by atoms with E-state index in [1.54, 1.807) is 12.1 Å². The second kappa shape index (κ2) is 7.02. The number of aromatic amines is 1. The Kier molecular flexibility index (Phi) is 4.53. The number of thiophene rings is 1. The van der Waals surface area contributed by atoms with Crippen molar-refractivity contribution in [2.75, 3.05) is 0 Å².